The van der Waals surface area contributed by atoms with Gasteiger partial charge in [0, 0.05) is 0 Å². The van der Waals surface area contributed by atoms with E-state index in [1.54, 1.807) is 12.2 Å². The van der Waals surface area contributed by atoms with Crippen molar-refractivity contribution in [3.63, 3.8) is 0 Å². The summed E-state index contributed by atoms with van der Waals surface area (Å²) in [5.41, 5.74) is -0.955. The molecule has 0 unspecified atom stereocenters. The monoisotopic (exact) mass is 279 g/mol. The van der Waals surface area contributed by atoms with Gasteiger partial charge in [-0.05, 0) is 31.6 Å². The Bertz CT molecular complexity index is 337. The summed E-state index contributed by atoms with van der Waals surface area (Å²) in [7, 11) is -4.71. The molecule has 0 bridgehead atoms. The van der Waals surface area contributed by atoms with Gasteiger partial charge < -0.3 is 10.7 Å². The first-order valence-electron chi connectivity index (χ1n) is 5.73. The molecule has 0 aliphatic rings. The van der Waals surface area contributed by atoms with Crippen molar-refractivity contribution >= 4 is 10.4 Å². The zero-order chi connectivity index (χ0) is 13.5. The average molecular weight is 279 g/mol. The fourth-order valence-corrected chi connectivity index (χ4v) is 2.92. The smallest absolute Gasteiger partial charge is 0.218 e. The van der Waals surface area contributed by atoms with Gasteiger partial charge in [0.1, 0.15) is 0 Å². The highest BCUT2D eigenvalue weighted by Gasteiger charge is 2.37. The van der Waals surface area contributed by atoms with Crippen LogP contribution in [-0.4, -0.2) is 18.6 Å². The minimum atomic E-state index is -4.71. The van der Waals surface area contributed by atoms with Crippen LogP contribution in [0.15, 0.2) is 25.3 Å². The molecule has 0 aromatic rings. The zero-order valence-electron chi connectivity index (χ0n) is 11.5. The molecule has 4 N–H and O–H groups in total. The van der Waals surface area contributed by atoms with Crippen LogP contribution in [0.25, 0.3) is 0 Å². The fourth-order valence-electron chi connectivity index (χ4n) is 2.14. The quantitative estimate of drug-likeness (QED) is 0.397. The summed E-state index contributed by atoms with van der Waals surface area (Å²) in [6.07, 6.45) is 5.49. The summed E-state index contributed by atoms with van der Waals surface area (Å²) in [5.74, 6) is -0.101. The normalized spacial score (nSPS) is 12.0. The number of hydrogen-bond donors (Lipinski definition) is 1. The lowest BCUT2D eigenvalue weighted by atomic mass is 9.79. The van der Waals surface area contributed by atoms with Gasteiger partial charge in [-0.15, -0.1) is 13.2 Å². The number of hydrogen-bond acceptors (Lipinski definition) is 4. The second-order valence-corrected chi connectivity index (χ2v) is 4.99. The molecule has 18 heavy (non-hydrogen) atoms. The minimum absolute atomic E-state index is 0. The van der Waals surface area contributed by atoms with Gasteiger partial charge in [-0.25, -0.2) is 8.42 Å². The average Bonchev–Trinajstić information content (AvgIpc) is 2.24. The molecule has 0 saturated carbocycles. The Morgan fingerprint density at radius 2 is 1.61 bits per heavy atom. The lowest BCUT2D eigenvalue weighted by Gasteiger charge is -2.39. The molecule has 0 amide bonds. The van der Waals surface area contributed by atoms with Gasteiger partial charge in [0.2, 0.25) is 10.4 Å². The van der Waals surface area contributed by atoms with Crippen molar-refractivity contribution in [2.24, 2.45) is 5.92 Å². The van der Waals surface area contributed by atoms with E-state index in [0.29, 0.717) is 25.7 Å². The third-order valence-corrected chi connectivity index (χ3v) is 3.65. The zero-order valence-corrected chi connectivity index (χ0v) is 12.3. The first-order valence-corrected chi connectivity index (χ1v) is 7.06. The maximum absolute atomic E-state index is 10.8. The molecule has 0 atom stereocenters. The van der Waals surface area contributed by atoms with Gasteiger partial charge in [0.25, 0.3) is 0 Å². The summed E-state index contributed by atoms with van der Waals surface area (Å²) < 4.78 is 37.4. The van der Waals surface area contributed by atoms with Gasteiger partial charge in [-0.1, -0.05) is 26.0 Å². The van der Waals surface area contributed by atoms with E-state index >= 15 is 0 Å². The van der Waals surface area contributed by atoms with E-state index < -0.39 is 16.0 Å². The number of quaternary nitrogens is 1. The highest BCUT2D eigenvalue weighted by molar-refractivity contribution is 7.80. The Morgan fingerprint density at radius 3 is 1.83 bits per heavy atom. The van der Waals surface area contributed by atoms with E-state index in [1.165, 1.54) is 0 Å². The number of rotatable bonds is 9. The van der Waals surface area contributed by atoms with Crippen LogP contribution in [0.2, 0.25) is 0 Å². The van der Waals surface area contributed by atoms with Gasteiger partial charge in [-0.2, -0.15) is 0 Å². The molecule has 0 rings (SSSR count). The van der Waals surface area contributed by atoms with Gasteiger partial charge in [0.15, 0.2) is 0 Å². The maximum atomic E-state index is 10.8. The molecule has 0 aromatic carbocycles. The van der Waals surface area contributed by atoms with Crippen molar-refractivity contribution in [3.8, 4) is 0 Å². The predicted octanol–water partition coefficient (Wildman–Crippen LogP) is 3.17. The van der Waals surface area contributed by atoms with Crippen molar-refractivity contribution in [2.45, 2.75) is 45.1 Å². The standard InChI is InChI=1S/C12H22O4S.H3N/c1-5-9-11(10-6-2)12(7-3,8-4)16-17(13,14)15;/h5-6,11H,1-2,7-10H2,3-4H3,(H,13,14,15);1H3. The van der Waals surface area contributed by atoms with Gasteiger partial charge in [-0.3, -0.25) is 4.18 Å². The van der Waals surface area contributed by atoms with E-state index in [9.17, 15) is 13.0 Å². The Kier molecular flexibility index (Phi) is 9.19. The van der Waals surface area contributed by atoms with Crippen LogP contribution in [0.4, 0.5) is 0 Å². The topological polar surface area (TPSA) is 103 Å². The van der Waals surface area contributed by atoms with Crippen molar-refractivity contribution in [1.82, 2.24) is 6.15 Å². The van der Waals surface area contributed by atoms with Crippen LogP contribution in [0, 0.1) is 5.92 Å². The van der Waals surface area contributed by atoms with Crippen LogP contribution in [0.5, 0.6) is 0 Å². The Labute approximate surface area is 110 Å². The molecule has 0 saturated heterocycles. The highest BCUT2D eigenvalue weighted by Crippen LogP contribution is 2.36. The molecule has 108 valence electrons. The maximum Gasteiger partial charge on any atom is 0.218 e. The Balaban J connectivity index is 0. The summed E-state index contributed by atoms with van der Waals surface area (Å²) in [6.45, 7) is 10.9. The lowest BCUT2D eigenvalue weighted by molar-refractivity contribution is -0.00275. The summed E-state index contributed by atoms with van der Waals surface area (Å²) in [5, 5.41) is 0. The summed E-state index contributed by atoms with van der Waals surface area (Å²) in [4.78, 5) is 0. The molecule has 0 fully saturated rings. The van der Waals surface area contributed by atoms with E-state index in [4.69, 9.17) is 4.18 Å². The van der Waals surface area contributed by atoms with E-state index in [0.717, 1.165) is 0 Å². The van der Waals surface area contributed by atoms with E-state index in [-0.39, 0.29) is 12.1 Å². The van der Waals surface area contributed by atoms with Crippen molar-refractivity contribution < 1.29 is 17.2 Å². The third-order valence-electron chi connectivity index (χ3n) is 3.11. The lowest BCUT2D eigenvalue weighted by Crippen LogP contribution is -2.41. The Morgan fingerprint density at radius 1 is 1.22 bits per heavy atom. The van der Waals surface area contributed by atoms with Crippen LogP contribution in [-0.2, 0) is 14.6 Å². The number of allylic oxidation sites excluding steroid dienone is 2. The van der Waals surface area contributed by atoms with Crippen molar-refractivity contribution in [3.05, 3.63) is 25.3 Å². The largest absolute Gasteiger partial charge is 0.726 e. The molecule has 0 aliphatic carbocycles. The SMILES string of the molecule is C=CCC(CC=C)C(CC)(CC)OS(=O)(=O)[O-].[NH4+]. The van der Waals surface area contributed by atoms with Crippen LogP contribution >= 0.6 is 0 Å². The van der Waals surface area contributed by atoms with E-state index in [1.807, 2.05) is 13.8 Å². The molecular weight excluding hydrogens is 254 g/mol. The van der Waals surface area contributed by atoms with Crippen LogP contribution in [0.3, 0.4) is 0 Å². The Hall–Kier alpha value is -0.690. The van der Waals surface area contributed by atoms with Crippen LogP contribution in [0.1, 0.15) is 39.5 Å². The fraction of sp³-hybridized carbons (Fsp3) is 0.667. The van der Waals surface area contributed by atoms with Crippen molar-refractivity contribution in [1.29, 1.82) is 0 Å². The second-order valence-electron chi connectivity index (χ2n) is 4.01. The first-order chi connectivity index (χ1) is 7.85. The molecule has 0 spiro atoms. The van der Waals surface area contributed by atoms with Crippen LogP contribution < -0.4 is 6.15 Å². The second kappa shape index (κ2) is 8.42. The summed E-state index contributed by atoms with van der Waals surface area (Å²) >= 11 is 0. The molecule has 6 heteroatoms. The third kappa shape index (κ3) is 5.77. The van der Waals surface area contributed by atoms with Gasteiger partial charge >= 0.3 is 0 Å². The molecular formula is C12H25NO4S. The molecule has 5 nitrogen and oxygen atoms in total. The first kappa shape index (κ1) is 19.6. The molecule has 0 heterocycles. The van der Waals surface area contributed by atoms with E-state index in [2.05, 4.69) is 13.2 Å². The van der Waals surface area contributed by atoms with Crippen molar-refractivity contribution in [2.75, 3.05) is 0 Å². The molecule has 0 aliphatic heterocycles. The summed E-state index contributed by atoms with van der Waals surface area (Å²) in [6, 6.07) is 0. The predicted molar refractivity (Wildman–Crippen MR) is 73.2 cm³/mol. The minimum Gasteiger partial charge on any atom is -0.726 e. The molecule has 0 radical (unpaired) electrons. The molecule has 0 aromatic heterocycles. The van der Waals surface area contributed by atoms with Gasteiger partial charge in [0.05, 0.1) is 5.60 Å². The highest BCUT2D eigenvalue weighted by atomic mass is 32.3.